The van der Waals surface area contributed by atoms with Gasteiger partial charge in [-0.25, -0.2) is 0 Å². The first-order chi connectivity index (χ1) is 14.2. The zero-order valence-electron chi connectivity index (χ0n) is 16.9. The standard InChI is InChI=1S/C26H27NO2/c1-29-24-14-15-25-22(16-24)12-13-23(26(25)28)19-27(17-20-8-4-2-5-9-20)18-21-10-6-3-7-11-21/h2-11,14-16,23H,12-13,17-19H2,1H3. The number of aryl methyl sites for hydroxylation is 1. The van der Waals surface area contributed by atoms with Crippen LogP contribution >= 0.6 is 0 Å². The molecule has 1 atom stereocenters. The van der Waals surface area contributed by atoms with Gasteiger partial charge in [-0.05, 0) is 47.7 Å². The second kappa shape index (κ2) is 9.06. The molecule has 0 bridgehead atoms. The van der Waals surface area contributed by atoms with Crippen molar-refractivity contribution in [3.05, 3.63) is 101 Å². The molecule has 148 valence electrons. The first-order valence-corrected chi connectivity index (χ1v) is 10.2. The Morgan fingerprint density at radius 1 is 0.897 bits per heavy atom. The van der Waals surface area contributed by atoms with Crippen LogP contribution in [0.15, 0.2) is 78.9 Å². The summed E-state index contributed by atoms with van der Waals surface area (Å²) in [5.41, 5.74) is 4.53. The van der Waals surface area contributed by atoms with Crippen LogP contribution in [0.4, 0.5) is 0 Å². The average molecular weight is 386 g/mol. The van der Waals surface area contributed by atoms with Crippen molar-refractivity contribution in [1.82, 2.24) is 4.90 Å². The summed E-state index contributed by atoms with van der Waals surface area (Å²) in [5.74, 6) is 1.12. The lowest BCUT2D eigenvalue weighted by atomic mass is 9.82. The summed E-state index contributed by atoms with van der Waals surface area (Å²) in [6.45, 7) is 2.46. The molecule has 0 heterocycles. The van der Waals surface area contributed by atoms with Gasteiger partial charge < -0.3 is 4.74 Å². The van der Waals surface area contributed by atoms with Crippen LogP contribution in [-0.2, 0) is 19.5 Å². The number of carbonyl (C=O) groups is 1. The Kier molecular flexibility index (Phi) is 6.06. The van der Waals surface area contributed by atoms with Gasteiger partial charge in [-0.3, -0.25) is 9.69 Å². The highest BCUT2D eigenvalue weighted by atomic mass is 16.5. The Labute approximate surface area is 172 Å². The number of rotatable bonds is 7. The fourth-order valence-electron chi connectivity index (χ4n) is 4.18. The second-order valence-corrected chi connectivity index (χ2v) is 7.76. The minimum absolute atomic E-state index is 0.0309. The van der Waals surface area contributed by atoms with E-state index in [4.69, 9.17) is 4.74 Å². The molecule has 29 heavy (non-hydrogen) atoms. The Bertz CT molecular complexity index is 911. The van der Waals surface area contributed by atoms with Gasteiger partial charge in [0.15, 0.2) is 5.78 Å². The Morgan fingerprint density at radius 2 is 1.52 bits per heavy atom. The molecular weight excluding hydrogens is 358 g/mol. The van der Waals surface area contributed by atoms with Gasteiger partial charge >= 0.3 is 0 Å². The van der Waals surface area contributed by atoms with E-state index in [1.54, 1.807) is 7.11 Å². The fourth-order valence-corrected chi connectivity index (χ4v) is 4.18. The number of hydrogen-bond donors (Lipinski definition) is 0. The van der Waals surface area contributed by atoms with Crippen LogP contribution in [0.25, 0.3) is 0 Å². The molecule has 3 nitrogen and oxygen atoms in total. The lowest BCUT2D eigenvalue weighted by Crippen LogP contribution is -2.35. The largest absolute Gasteiger partial charge is 0.497 e. The molecule has 0 fully saturated rings. The molecule has 1 aliphatic rings. The minimum Gasteiger partial charge on any atom is -0.497 e. The molecule has 0 amide bonds. The zero-order chi connectivity index (χ0) is 20.1. The summed E-state index contributed by atoms with van der Waals surface area (Å²) in [6.07, 6.45) is 1.81. The van der Waals surface area contributed by atoms with E-state index >= 15 is 0 Å². The van der Waals surface area contributed by atoms with E-state index in [0.29, 0.717) is 0 Å². The number of carbonyl (C=O) groups excluding carboxylic acids is 1. The number of Topliss-reactive ketones (excluding diaryl/α,β-unsaturated/α-hetero) is 1. The number of fused-ring (bicyclic) bond motifs is 1. The highest BCUT2D eigenvalue weighted by Crippen LogP contribution is 2.29. The van der Waals surface area contributed by atoms with Crippen LogP contribution in [0, 0.1) is 5.92 Å². The summed E-state index contributed by atoms with van der Waals surface area (Å²) >= 11 is 0. The number of ether oxygens (including phenoxy) is 1. The lowest BCUT2D eigenvalue weighted by Gasteiger charge is -2.30. The Morgan fingerprint density at radius 3 is 2.10 bits per heavy atom. The topological polar surface area (TPSA) is 29.5 Å². The number of nitrogens with zero attached hydrogens (tertiary/aromatic N) is 1. The van der Waals surface area contributed by atoms with Gasteiger partial charge in [-0.2, -0.15) is 0 Å². The van der Waals surface area contributed by atoms with Gasteiger partial charge in [0.1, 0.15) is 5.75 Å². The van der Waals surface area contributed by atoms with Gasteiger partial charge in [0.2, 0.25) is 0 Å². The van der Waals surface area contributed by atoms with E-state index < -0.39 is 0 Å². The smallest absolute Gasteiger partial charge is 0.167 e. The normalized spacial score (nSPS) is 15.9. The maximum atomic E-state index is 13.2. The zero-order valence-corrected chi connectivity index (χ0v) is 16.9. The van der Waals surface area contributed by atoms with Gasteiger partial charge in [0, 0.05) is 31.1 Å². The third-order valence-corrected chi connectivity index (χ3v) is 5.69. The molecule has 3 aromatic carbocycles. The van der Waals surface area contributed by atoms with Crippen LogP contribution < -0.4 is 4.74 Å². The molecule has 1 aliphatic carbocycles. The molecule has 0 aromatic heterocycles. The molecular formula is C26H27NO2. The summed E-state index contributed by atoms with van der Waals surface area (Å²) in [7, 11) is 1.67. The molecule has 0 spiro atoms. The highest BCUT2D eigenvalue weighted by molar-refractivity contribution is 6.00. The first kappa shape index (κ1) is 19.4. The van der Waals surface area contributed by atoms with Crippen LogP contribution in [0.1, 0.15) is 33.5 Å². The molecule has 0 radical (unpaired) electrons. The Balaban J connectivity index is 1.52. The SMILES string of the molecule is COc1ccc2c(c1)CCC(CN(Cc1ccccc1)Cc1ccccc1)C2=O. The lowest BCUT2D eigenvalue weighted by molar-refractivity contribution is 0.0848. The van der Waals surface area contributed by atoms with E-state index in [1.165, 1.54) is 11.1 Å². The molecule has 0 aliphatic heterocycles. The quantitative estimate of drug-likeness (QED) is 0.564. The highest BCUT2D eigenvalue weighted by Gasteiger charge is 2.29. The Hall–Kier alpha value is -2.91. The monoisotopic (exact) mass is 385 g/mol. The van der Waals surface area contributed by atoms with E-state index in [2.05, 4.69) is 53.4 Å². The molecule has 0 saturated heterocycles. The first-order valence-electron chi connectivity index (χ1n) is 10.2. The van der Waals surface area contributed by atoms with Crippen molar-refractivity contribution in [1.29, 1.82) is 0 Å². The van der Waals surface area contributed by atoms with E-state index in [1.807, 2.05) is 30.3 Å². The predicted molar refractivity (Wildman–Crippen MR) is 116 cm³/mol. The predicted octanol–water partition coefficient (Wildman–Crippen LogP) is 5.14. The van der Waals surface area contributed by atoms with Crippen molar-refractivity contribution < 1.29 is 9.53 Å². The number of methoxy groups -OCH3 is 1. The van der Waals surface area contributed by atoms with Crippen molar-refractivity contribution in [2.45, 2.75) is 25.9 Å². The maximum absolute atomic E-state index is 13.2. The van der Waals surface area contributed by atoms with Crippen molar-refractivity contribution in [3.63, 3.8) is 0 Å². The summed E-state index contributed by atoms with van der Waals surface area (Å²) in [6, 6.07) is 26.8. The van der Waals surface area contributed by atoms with Crippen molar-refractivity contribution in [3.8, 4) is 5.75 Å². The van der Waals surface area contributed by atoms with Crippen LogP contribution in [0.3, 0.4) is 0 Å². The number of ketones is 1. The van der Waals surface area contributed by atoms with Crippen LogP contribution in [0.5, 0.6) is 5.75 Å². The van der Waals surface area contributed by atoms with E-state index in [0.717, 1.165) is 49.4 Å². The minimum atomic E-state index is 0.0309. The molecule has 4 rings (SSSR count). The van der Waals surface area contributed by atoms with Gasteiger partial charge in [0.25, 0.3) is 0 Å². The molecule has 3 aromatic rings. The van der Waals surface area contributed by atoms with Crippen LogP contribution in [-0.4, -0.2) is 24.3 Å². The third-order valence-electron chi connectivity index (χ3n) is 5.69. The van der Waals surface area contributed by atoms with E-state index in [9.17, 15) is 4.79 Å². The summed E-state index contributed by atoms with van der Waals surface area (Å²) in [4.78, 5) is 15.6. The van der Waals surface area contributed by atoms with Crippen molar-refractivity contribution in [2.75, 3.05) is 13.7 Å². The van der Waals surface area contributed by atoms with Gasteiger partial charge in [-0.1, -0.05) is 60.7 Å². The number of hydrogen-bond acceptors (Lipinski definition) is 3. The fraction of sp³-hybridized carbons (Fsp3) is 0.269. The molecule has 1 unspecified atom stereocenters. The van der Waals surface area contributed by atoms with Crippen molar-refractivity contribution in [2.24, 2.45) is 5.92 Å². The summed E-state index contributed by atoms with van der Waals surface area (Å²) < 4.78 is 5.32. The number of benzene rings is 3. The molecule has 0 N–H and O–H groups in total. The van der Waals surface area contributed by atoms with Gasteiger partial charge in [0.05, 0.1) is 7.11 Å². The van der Waals surface area contributed by atoms with E-state index in [-0.39, 0.29) is 11.7 Å². The average Bonchev–Trinajstić information content (AvgIpc) is 2.77. The van der Waals surface area contributed by atoms with Crippen LogP contribution in [0.2, 0.25) is 0 Å². The third kappa shape index (κ3) is 4.75. The maximum Gasteiger partial charge on any atom is 0.167 e. The van der Waals surface area contributed by atoms with Crippen molar-refractivity contribution >= 4 is 5.78 Å². The second-order valence-electron chi connectivity index (χ2n) is 7.76. The molecule has 3 heteroatoms. The summed E-state index contributed by atoms with van der Waals surface area (Å²) in [5, 5.41) is 0. The molecule has 0 saturated carbocycles. The van der Waals surface area contributed by atoms with Gasteiger partial charge in [-0.15, -0.1) is 0 Å².